The molecule has 0 spiro atoms. The van der Waals surface area contributed by atoms with E-state index in [0.29, 0.717) is 29.6 Å². The fourth-order valence-corrected chi connectivity index (χ4v) is 9.27. The number of hydrogen-bond acceptors (Lipinski definition) is 5. The molecule has 1 saturated heterocycles. The van der Waals surface area contributed by atoms with E-state index in [1.807, 2.05) is 18.4 Å². The van der Waals surface area contributed by atoms with Gasteiger partial charge in [0.05, 0.1) is 51.6 Å². The van der Waals surface area contributed by atoms with E-state index < -0.39 is 32.9 Å². The quantitative estimate of drug-likeness (QED) is 0.118. The third-order valence-corrected chi connectivity index (χ3v) is 11.9. The van der Waals surface area contributed by atoms with Crippen LogP contribution in [-0.4, -0.2) is 74.6 Å². The van der Waals surface area contributed by atoms with E-state index in [9.17, 15) is 17.2 Å². The van der Waals surface area contributed by atoms with Gasteiger partial charge in [0, 0.05) is 46.4 Å². The molecular weight excluding hydrogens is 681 g/mol. The van der Waals surface area contributed by atoms with E-state index in [1.165, 1.54) is 47.4 Å². The average molecular weight is 722 g/mol. The summed E-state index contributed by atoms with van der Waals surface area (Å²) in [4.78, 5) is 4.48. The Morgan fingerprint density at radius 1 is 1.04 bits per heavy atom. The van der Waals surface area contributed by atoms with Crippen LogP contribution < -0.4 is 4.74 Å². The molecule has 1 aliphatic rings. The maximum absolute atomic E-state index is 15.7. The second kappa shape index (κ2) is 14.1. The smallest absolute Gasteiger partial charge is 0.243 e. The molecule has 0 unspecified atom stereocenters. The van der Waals surface area contributed by atoms with Gasteiger partial charge in [0.25, 0.3) is 0 Å². The van der Waals surface area contributed by atoms with Gasteiger partial charge in [-0.1, -0.05) is 43.3 Å². The largest absolute Gasteiger partial charge is 0.494 e. The van der Waals surface area contributed by atoms with Gasteiger partial charge in [-0.05, 0) is 66.9 Å². The number of thioether (sulfide) groups is 1. The number of benzene rings is 3. The zero-order chi connectivity index (χ0) is 35.0. The summed E-state index contributed by atoms with van der Waals surface area (Å²) < 4.78 is 80.4. The Labute approximate surface area is 290 Å². The van der Waals surface area contributed by atoms with Crippen LogP contribution in [0.1, 0.15) is 43.5 Å². The zero-order valence-electron chi connectivity index (χ0n) is 27.9. The first-order valence-corrected chi connectivity index (χ1v) is 18.4. The Kier molecular flexibility index (Phi) is 10.6. The van der Waals surface area contributed by atoms with Gasteiger partial charge in [-0.15, -0.1) is 0 Å². The van der Waals surface area contributed by atoms with Crippen molar-refractivity contribution >= 4 is 33.4 Å². The van der Waals surface area contributed by atoms with Gasteiger partial charge in [0.15, 0.2) is 16.7 Å². The molecule has 0 radical (unpaired) electrons. The second-order valence-electron chi connectivity index (χ2n) is 13.7. The highest BCUT2D eigenvalue weighted by molar-refractivity contribution is 7.98. The van der Waals surface area contributed by atoms with Gasteiger partial charge in [-0.25, -0.2) is 26.6 Å². The molecule has 1 atom stereocenters. The van der Waals surface area contributed by atoms with Gasteiger partial charge in [-0.2, -0.15) is 4.31 Å². The van der Waals surface area contributed by atoms with Crippen LogP contribution in [0.2, 0.25) is 5.02 Å². The van der Waals surface area contributed by atoms with Gasteiger partial charge in [0.1, 0.15) is 11.6 Å². The number of halogens is 4. The number of sulfonamides is 1. The predicted molar refractivity (Wildman–Crippen MR) is 184 cm³/mol. The summed E-state index contributed by atoms with van der Waals surface area (Å²) >= 11 is 7.79. The Hall–Kier alpha value is -3.03. The van der Waals surface area contributed by atoms with Crippen LogP contribution in [0.5, 0.6) is 5.75 Å². The van der Waals surface area contributed by atoms with Crippen molar-refractivity contribution in [1.82, 2.24) is 13.9 Å². The minimum atomic E-state index is -3.96. The fraction of sp³-hybridized carbons (Fsp3) is 0.400. The molecule has 7 nitrogen and oxygen atoms in total. The van der Waals surface area contributed by atoms with Crippen LogP contribution >= 0.6 is 23.4 Å². The van der Waals surface area contributed by atoms with Gasteiger partial charge < -0.3 is 9.22 Å². The number of quaternary nitrogens is 1. The Morgan fingerprint density at radius 3 is 2.40 bits per heavy atom. The maximum atomic E-state index is 15.7. The number of piperidine rings is 1. The van der Waals surface area contributed by atoms with Crippen molar-refractivity contribution in [3.05, 3.63) is 100 Å². The van der Waals surface area contributed by atoms with E-state index in [1.54, 1.807) is 30.5 Å². The molecule has 3 aromatic carbocycles. The van der Waals surface area contributed by atoms with Gasteiger partial charge >= 0.3 is 0 Å². The lowest BCUT2D eigenvalue weighted by Gasteiger charge is -2.35. The summed E-state index contributed by atoms with van der Waals surface area (Å²) in [6.45, 7) is 5.50. The van der Waals surface area contributed by atoms with E-state index in [4.69, 9.17) is 16.3 Å². The Balaban J connectivity index is 1.44. The molecule has 2 heterocycles. The van der Waals surface area contributed by atoms with Crippen LogP contribution in [0.15, 0.2) is 70.8 Å². The molecule has 1 fully saturated rings. The average Bonchev–Trinajstić information content (AvgIpc) is 3.45. The molecule has 1 aliphatic heterocycles. The molecule has 13 heteroatoms. The summed E-state index contributed by atoms with van der Waals surface area (Å²) in [6, 6.07) is 12.9. The number of methoxy groups -OCH3 is 1. The first kappa shape index (κ1) is 36.3. The monoisotopic (exact) mass is 721 g/mol. The molecule has 1 aromatic heterocycles. The Morgan fingerprint density at radius 2 is 1.75 bits per heavy atom. The highest BCUT2D eigenvalue weighted by Crippen LogP contribution is 2.39. The lowest BCUT2D eigenvalue weighted by Crippen LogP contribution is -2.47. The molecule has 48 heavy (non-hydrogen) atoms. The number of ether oxygens (including phenoxy) is 1. The molecule has 258 valence electrons. The maximum Gasteiger partial charge on any atom is 0.243 e. The van der Waals surface area contributed by atoms with Crippen molar-refractivity contribution < 1.29 is 30.8 Å². The van der Waals surface area contributed by atoms with Crippen LogP contribution in [0.25, 0.3) is 5.69 Å². The first-order valence-electron chi connectivity index (χ1n) is 15.6. The lowest BCUT2D eigenvalue weighted by molar-refractivity contribution is -0.874. The molecule has 5 rings (SSSR count). The standard InChI is InChI=1S/C35H41ClF3N4O3S2/c1-35(2,24-9-14-30(38)32(16-24)46-6)33-19-40-34(42(33)26-12-10-25(37)11-13-26)47-22-28-29(36)17-27(18-31(28)39)48(44,45)41-15-7-8-23(20-41)21-43(3,4)5/h9-14,16-19,23H,7-8,15,20-22H2,1-6H3/q+1/t23-/m0/s1. The summed E-state index contributed by atoms with van der Waals surface area (Å²) in [7, 11) is 3.68. The minimum absolute atomic E-state index is 0.000147. The van der Waals surface area contributed by atoms with Gasteiger partial charge in [-0.3, -0.25) is 4.57 Å². The fourth-order valence-electron chi connectivity index (χ4n) is 6.23. The number of aromatic nitrogens is 2. The molecular formula is C35H41ClF3N4O3S2+. The third-order valence-electron chi connectivity index (χ3n) is 8.71. The van der Waals surface area contributed by atoms with Crippen molar-refractivity contribution in [1.29, 1.82) is 0 Å². The minimum Gasteiger partial charge on any atom is -0.494 e. The van der Waals surface area contributed by atoms with Gasteiger partial charge in [0.2, 0.25) is 10.0 Å². The van der Waals surface area contributed by atoms with E-state index in [-0.39, 0.29) is 32.9 Å². The van der Waals surface area contributed by atoms with Crippen LogP contribution in [0.4, 0.5) is 13.2 Å². The molecule has 0 aliphatic carbocycles. The zero-order valence-corrected chi connectivity index (χ0v) is 30.3. The van der Waals surface area contributed by atoms with Crippen LogP contribution in [-0.2, 0) is 21.2 Å². The SMILES string of the molecule is COc1cc(C(C)(C)c2cnc(SCc3c(F)cc(S(=O)(=O)N4CCC[C@H](C[N+](C)(C)C)C4)cc3Cl)n2-c2ccc(F)cc2)ccc1F. The van der Waals surface area contributed by atoms with Crippen molar-refractivity contribution in [3.63, 3.8) is 0 Å². The highest BCUT2D eigenvalue weighted by Gasteiger charge is 2.34. The molecule has 4 aromatic rings. The summed E-state index contributed by atoms with van der Waals surface area (Å²) in [5.41, 5.74) is 1.50. The number of hydrogen-bond donors (Lipinski definition) is 0. The van der Waals surface area contributed by atoms with Crippen molar-refractivity contribution in [3.8, 4) is 11.4 Å². The molecule has 0 N–H and O–H groups in total. The van der Waals surface area contributed by atoms with E-state index in [2.05, 4.69) is 26.1 Å². The predicted octanol–water partition coefficient (Wildman–Crippen LogP) is 7.68. The highest BCUT2D eigenvalue weighted by atomic mass is 35.5. The third kappa shape index (κ3) is 7.73. The van der Waals surface area contributed by atoms with Crippen LogP contribution in [0.3, 0.4) is 0 Å². The lowest BCUT2D eigenvalue weighted by atomic mass is 9.81. The molecule has 0 amide bonds. The number of rotatable bonds is 11. The normalized spacial score (nSPS) is 16.3. The summed E-state index contributed by atoms with van der Waals surface area (Å²) in [6.07, 6.45) is 3.36. The number of nitrogens with zero attached hydrogens (tertiary/aromatic N) is 4. The first-order chi connectivity index (χ1) is 22.5. The van der Waals surface area contributed by atoms with E-state index >= 15 is 4.39 Å². The number of imidazole rings is 1. The van der Waals surface area contributed by atoms with Crippen molar-refractivity contribution in [2.75, 3.05) is 47.9 Å². The Bertz CT molecular complexity index is 1870. The van der Waals surface area contributed by atoms with E-state index in [0.717, 1.165) is 35.5 Å². The summed E-state index contributed by atoms with van der Waals surface area (Å²) in [5.74, 6) is -1.28. The van der Waals surface area contributed by atoms with Crippen molar-refractivity contribution in [2.45, 2.75) is 47.9 Å². The topological polar surface area (TPSA) is 64.4 Å². The summed E-state index contributed by atoms with van der Waals surface area (Å²) in [5, 5.41) is 0.474. The van der Waals surface area contributed by atoms with Crippen LogP contribution in [0, 0.1) is 23.4 Å². The molecule has 0 bridgehead atoms. The second-order valence-corrected chi connectivity index (χ2v) is 17.0. The molecule has 0 saturated carbocycles. The van der Waals surface area contributed by atoms with Crippen molar-refractivity contribution in [2.24, 2.45) is 5.92 Å².